The molecule has 0 heterocycles. The third kappa shape index (κ3) is 4.64. The fourth-order valence-corrected chi connectivity index (χ4v) is 1.97. The van der Waals surface area contributed by atoms with Gasteiger partial charge in [-0.05, 0) is 19.4 Å². The summed E-state index contributed by atoms with van der Waals surface area (Å²) in [5.74, 6) is 0. The second kappa shape index (κ2) is 7.82. The average Bonchev–Trinajstić information content (AvgIpc) is 2.31. The zero-order chi connectivity index (χ0) is 11.8. The Morgan fingerprint density at radius 2 is 1.88 bits per heavy atom. The minimum atomic E-state index is 0.112. The monoisotopic (exact) mass is 286 g/mol. The van der Waals surface area contributed by atoms with Crippen LogP contribution in [0.5, 0.6) is 0 Å². The van der Waals surface area contributed by atoms with Crippen molar-refractivity contribution in [3.63, 3.8) is 0 Å². The number of aryl methyl sites for hydroxylation is 1. The van der Waals surface area contributed by atoms with Crippen LogP contribution < -0.4 is 0 Å². The molecular weight excluding hydrogens is 268 g/mol. The first-order valence-electron chi connectivity index (χ1n) is 5.59. The van der Waals surface area contributed by atoms with Crippen LogP contribution in [0.25, 0.3) is 0 Å². The number of halogens is 1. The van der Waals surface area contributed by atoms with E-state index in [0.29, 0.717) is 13.2 Å². The molecule has 1 rings (SSSR count). The minimum Gasteiger partial charge on any atom is -0.379 e. The normalized spacial score (nSPS) is 12.7. The molecule has 0 aliphatic heterocycles. The molecule has 1 aromatic carbocycles. The number of alkyl halides is 1. The third-order valence-corrected chi connectivity index (χ3v) is 2.93. The summed E-state index contributed by atoms with van der Waals surface area (Å²) >= 11 is 3.47. The molecule has 0 saturated heterocycles. The van der Waals surface area contributed by atoms with Crippen LogP contribution in [0.2, 0.25) is 0 Å². The Balaban J connectivity index is 2.44. The van der Waals surface area contributed by atoms with Gasteiger partial charge in [0, 0.05) is 11.9 Å². The lowest BCUT2D eigenvalue weighted by Crippen LogP contribution is -2.11. The molecule has 0 aliphatic rings. The van der Waals surface area contributed by atoms with Crippen molar-refractivity contribution < 1.29 is 9.47 Å². The summed E-state index contributed by atoms with van der Waals surface area (Å²) in [6, 6.07) is 8.44. The first-order chi connectivity index (χ1) is 7.77. The highest BCUT2D eigenvalue weighted by molar-refractivity contribution is 9.09. The van der Waals surface area contributed by atoms with Crippen LogP contribution in [0.3, 0.4) is 0 Å². The summed E-state index contributed by atoms with van der Waals surface area (Å²) in [5.41, 5.74) is 2.48. The molecule has 0 aliphatic carbocycles. The SMILES string of the molecule is CCOCCOC(CBr)c1ccc(C)cc1. The highest BCUT2D eigenvalue weighted by Crippen LogP contribution is 2.20. The maximum atomic E-state index is 5.75. The summed E-state index contributed by atoms with van der Waals surface area (Å²) in [5, 5.41) is 0.808. The van der Waals surface area contributed by atoms with E-state index in [9.17, 15) is 0 Å². The lowest BCUT2D eigenvalue weighted by Gasteiger charge is -2.16. The zero-order valence-corrected chi connectivity index (χ0v) is 11.5. The van der Waals surface area contributed by atoms with Crippen molar-refractivity contribution in [3.05, 3.63) is 35.4 Å². The van der Waals surface area contributed by atoms with E-state index in [2.05, 4.69) is 47.1 Å². The molecule has 16 heavy (non-hydrogen) atoms. The lowest BCUT2D eigenvalue weighted by molar-refractivity contribution is 0.0171. The van der Waals surface area contributed by atoms with Crippen LogP contribution >= 0.6 is 15.9 Å². The van der Waals surface area contributed by atoms with Gasteiger partial charge in [0.25, 0.3) is 0 Å². The van der Waals surface area contributed by atoms with E-state index < -0.39 is 0 Å². The number of rotatable bonds is 7. The first-order valence-corrected chi connectivity index (χ1v) is 6.72. The van der Waals surface area contributed by atoms with Crippen molar-refractivity contribution >= 4 is 15.9 Å². The highest BCUT2D eigenvalue weighted by Gasteiger charge is 2.09. The van der Waals surface area contributed by atoms with E-state index >= 15 is 0 Å². The fraction of sp³-hybridized carbons (Fsp3) is 0.538. The van der Waals surface area contributed by atoms with Crippen LogP contribution in [-0.2, 0) is 9.47 Å². The van der Waals surface area contributed by atoms with Crippen molar-refractivity contribution in [3.8, 4) is 0 Å². The molecule has 0 spiro atoms. The van der Waals surface area contributed by atoms with Gasteiger partial charge in [-0.2, -0.15) is 0 Å². The first kappa shape index (κ1) is 13.7. The largest absolute Gasteiger partial charge is 0.379 e. The van der Waals surface area contributed by atoms with E-state index in [1.807, 2.05) is 6.92 Å². The van der Waals surface area contributed by atoms with Crippen LogP contribution in [-0.4, -0.2) is 25.2 Å². The number of hydrogen-bond acceptors (Lipinski definition) is 2. The van der Waals surface area contributed by atoms with Gasteiger partial charge >= 0.3 is 0 Å². The Hall–Kier alpha value is -0.380. The van der Waals surface area contributed by atoms with Gasteiger partial charge in [0.2, 0.25) is 0 Å². The molecule has 0 saturated carbocycles. The van der Waals surface area contributed by atoms with Crippen LogP contribution in [0.1, 0.15) is 24.2 Å². The van der Waals surface area contributed by atoms with Crippen molar-refractivity contribution in [2.75, 3.05) is 25.2 Å². The lowest BCUT2D eigenvalue weighted by atomic mass is 10.1. The van der Waals surface area contributed by atoms with Crippen LogP contribution in [0.4, 0.5) is 0 Å². The average molecular weight is 287 g/mol. The van der Waals surface area contributed by atoms with Crippen molar-refractivity contribution in [2.24, 2.45) is 0 Å². The fourth-order valence-electron chi connectivity index (χ4n) is 1.40. The van der Waals surface area contributed by atoms with Crippen molar-refractivity contribution in [1.29, 1.82) is 0 Å². The number of benzene rings is 1. The molecule has 0 bridgehead atoms. The molecular formula is C13H19BrO2. The van der Waals surface area contributed by atoms with Gasteiger partial charge in [0.1, 0.15) is 0 Å². The van der Waals surface area contributed by atoms with E-state index in [0.717, 1.165) is 11.9 Å². The topological polar surface area (TPSA) is 18.5 Å². The van der Waals surface area contributed by atoms with E-state index in [1.54, 1.807) is 0 Å². The Morgan fingerprint density at radius 3 is 2.44 bits per heavy atom. The van der Waals surface area contributed by atoms with Crippen molar-refractivity contribution in [1.82, 2.24) is 0 Å². The van der Waals surface area contributed by atoms with E-state index in [4.69, 9.17) is 9.47 Å². The molecule has 0 aromatic heterocycles. The molecule has 3 heteroatoms. The molecule has 0 fully saturated rings. The highest BCUT2D eigenvalue weighted by atomic mass is 79.9. The zero-order valence-electron chi connectivity index (χ0n) is 9.91. The summed E-state index contributed by atoms with van der Waals surface area (Å²) < 4.78 is 11.0. The predicted molar refractivity (Wildman–Crippen MR) is 70.2 cm³/mol. The molecule has 2 nitrogen and oxygen atoms in total. The smallest absolute Gasteiger partial charge is 0.0922 e. The predicted octanol–water partition coefficient (Wildman–Crippen LogP) is 3.48. The third-order valence-electron chi connectivity index (χ3n) is 2.34. The number of ether oxygens (including phenoxy) is 2. The second-order valence-electron chi connectivity index (χ2n) is 3.62. The summed E-state index contributed by atoms with van der Waals surface area (Å²) in [4.78, 5) is 0. The van der Waals surface area contributed by atoms with Crippen LogP contribution in [0, 0.1) is 6.92 Å². The Bertz CT molecular complexity index is 284. The molecule has 0 amide bonds. The Morgan fingerprint density at radius 1 is 1.19 bits per heavy atom. The standard InChI is InChI=1S/C13H19BrO2/c1-3-15-8-9-16-13(10-14)12-6-4-11(2)5-7-12/h4-7,13H,3,8-10H2,1-2H3. The van der Waals surface area contributed by atoms with Gasteiger partial charge in [-0.15, -0.1) is 0 Å². The van der Waals surface area contributed by atoms with Gasteiger partial charge in [-0.25, -0.2) is 0 Å². The summed E-state index contributed by atoms with van der Waals surface area (Å²) in [7, 11) is 0. The summed E-state index contributed by atoms with van der Waals surface area (Å²) in [6.45, 7) is 6.11. The molecule has 0 radical (unpaired) electrons. The van der Waals surface area contributed by atoms with E-state index in [1.165, 1.54) is 11.1 Å². The second-order valence-corrected chi connectivity index (χ2v) is 4.27. The van der Waals surface area contributed by atoms with Gasteiger partial charge in [0.05, 0.1) is 19.3 Å². The molecule has 0 N–H and O–H groups in total. The Kier molecular flexibility index (Phi) is 6.69. The Labute approximate surface area is 106 Å². The molecule has 90 valence electrons. The van der Waals surface area contributed by atoms with Gasteiger partial charge in [-0.3, -0.25) is 0 Å². The molecule has 1 atom stereocenters. The van der Waals surface area contributed by atoms with Gasteiger partial charge in [-0.1, -0.05) is 45.8 Å². The quantitative estimate of drug-likeness (QED) is 0.564. The maximum Gasteiger partial charge on any atom is 0.0922 e. The minimum absolute atomic E-state index is 0.112. The summed E-state index contributed by atoms with van der Waals surface area (Å²) in [6.07, 6.45) is 0.112. The maximum absolute atomic E-state index is 5.75. The molecule has 1 aromatic rings. The molecule has 1 unspecified atom stereocenters. The number of hydrogen-bond donors (Lipinski definition) is 0. The van der Waals surface area contributed by atoms with Gasteiger partial charge < -0.3 is 9.47 Å². The van der Waals surface area contributed by atoms with Crippen molar-refractivity contribution in [2.45, 2.75) is 20.0 Å². The van der Waals surface area contributed by atoms with Crippen LogP contribution in [0.15, 0.2) is 24.3 Å². The van der Waals surface area contributed by atoms with Gasteiger partial charge in [0.15, 0.2) is 0 Å². The van der Waals surface area contributed by atoms with E-state index in [-0.39, 0.29) is 6.10 Å².